The monoisotopic (exact) mass is 438 g/mol. The van der Waals surface area contributed by atoms with Crippen LogP contribution in [0.1, 0.15) is 23.6 Å². The minimum absolute atomic E-state index is 0.281. The van der Waals surface area contributed by atoms with Crippen LogP contribution in [0.3, 0.4) is 0 Å². The number of nitrogens with zero attached hydrogens (tertiary/aromatic N) is 1. The second-order valence-corrected chi connectivity index (χ2v) is 9.02. The van der Waals surface area contributed by atoms with Crippen molar-refractivity contribution in [3.05, 3.63) is 65.7 Å². The molecule has 0 saturated carbocycles. The number of fused-ring (bicyclic) bond motifs is 1. The molecule has 0 radical (unpaired) electrons. The van der Waals surface area contributed by atoms with Gasteiger partial charge < -0.3 is 4.74 Å². The summed E-state index contributed by atoms with van der Waals surface area (Å²) in [6.07, 6.45) is 2.35. The lowest BCUT2D eigenvalue weighted by molar-refractivity contribution is -0.152. The third kappa shape index (κ3) is 3.36. The fourth-order valence-electron chi connectivity index (χ4n) is 5.00. The zero-order chi connectivity index (χ0) is 22.2. The Bertz CT molecular complexity index is 1010. The van der Waals surface area contributed by atoms with E-state index < -0.39 is 29.4 Å². The van der Waals surface area contributed by atoms with Crippen LogP contribution in [0.5, 0.6) is 0 Å². The molecular weight excluding hydrogens is 412 g/mol. The quantitative estimate of drug-likeness (QED) is 0.552. The molecule has 0 aliphatic carbocycles. The Balaban J connectivity index is 1.88. The third-order valence-electron chi connectivity index (χ3n) is 6.44. The van der Waals surface area contributed by atoms with Crippen LogP contribution in [0.4, 0.5) is 5.69 Å². The van der Waals surface area contributed by atoms with Crippen LogP contribution in [-0.2, 0) is 19.1 Å². The van der Waals surface area contributed by atoms with Crippen LogP contribution >= 0.6 is 11.8 Å². The van der Waals surface area contributed by atoms with E-state index in [4.69, 9.17) is 4.74 Å². The Morgan fingerprint density at radius 3 is 2.42 bits per heavy atom. The predicted molar refractivity (Wildman–Crippen MR) is 121 cm³/mol. The van der Waals surface area contributed by atoms with E-state index in [9.17, 15) is 14.4 Å². The first-order valence-corrected chi connectivity index (χ1v) is 11.7. The van der Waals surface area contributed by atoms with E-state index in [1.165, 1.54) is 12.0 Å². The lowest BCUT2D eigenvalue weighted by Gasteiger charge is -2.32. The number of carbonyl (C=O) groups is 3. The first-order chi connectivity index (χ1) is 15.0. The summed E-state index contributed by atoms with van der Waals surface area (Å²) in [5, 5.41) is 3.43. The fourth-order valence-corrected chi connectivity index (χ4v) is 5.53. The number of aryl methyl sites for hydroxylation is 1. The zero-order valence-electron chi connectivity index (χ0n) is 17.8. The molecule has 0 unspecified atom stereocenters. The molecule has 0 aromatic heterocycles. The number of hydrogen-bond donors (Lipinski definition) is 1. The molecule has 0 bridgehead atoms. The maximum absolute atomic E-state index is 13.7. The standard InChI is InChI=1S/C24H26N2O4S/c1-15-9-7-8-12-17(15)20-18-19(24(25-20,13-14-31-3)23(29)30-2)22(28)26(21(18)27)16-10-5-4-6-11-16/h4-12,18-20,25H,13-14H2,1-3H3/t18-,19+,20-,24-/m1/s1. The number of thioether (sulfide) groups is 1. The number of anilines is 1. The van der Waals surface area contributed by atoms with Gasteiger partial charge in [0.2, 0.25) is 11.8 Å². The normalized spacial score (nSPS) is 27.5. The number of ether oxygens (including phenoxy) is 1. The van der Waals surface area contributed by atoms with Gasteiger partial charge >= 0.3 is 5.97 Å². The van der Waals surface area contributed by atoms with E-state index in [0.717, 1.165) is 11.1 Å². The molecule has 31 heavy (non-hydrogen) atoms. The summed E-state index contributed by atoms with van der Waals surface area (Å²) >= 11 is 1.59. The summed E-state index contributed by atoms with van der Waals surface area (Å²) in [5.41, 5.74) is 1.19. The molecule has 6 nitrogen and oxygen atoms in total. The topological polar surface area (TPSA) is 75.7 Å². The number of methoxy groups -OCH3 is 1. The minimum atomic E-state index is -1.26. The summed E-state index contributed by atoms with van der Waals surface area (Å²) in [4.78, 5) is 41.8. The maximum Gasteiger partial charge on any atom is 0.326 e. The van der Waals surface area contributed by atoms with Gasteiger partial charge in [-0.25, -0.2) is 4.90 Å². The predicted octanol–water partition coefficient (Wildman–Crippen LogP) is 3.11. The van der Waals surface area contributed by atoms with Crippen molar-refractivity contribution in [1.29, 1.82) is 0 Å². The fraction of sp³-hybridized carbons (Fsp3) is 0.375. The number of amides is 2. The highest BCUT2D eigenvalue weighted by molar-refractivity contribution is 7.98. The Morgan fingerprint density at radius 1 is 1.10 bits per heavy atom. The highest BCUT2D eigenvalue weighted by Crippen LogP contribution is 2.51. The zero-order valence-corrected chi connectivity index (χ0v) is 18.6. The molecule has 7 heteroatoms. The molecule has 4 atom stereocenters. The van der Waals surface area contributed by atoms with Crippen LogP contribution in [0.15, 0.2) is 54.6 Å². The number of carbonyl (C=O) groups excluding carboxylic acids is 3. The average molecular weight is 439 g/mol. The number of para-hydroxylation sites is 1. The minimum Gasteiger partial charge on any atom is -0.468 e. The van der Waals surface area contributed by atoms with Crippen LogP contribution < -0.4 is 10.2 Å². The van der Waals surface area contributed by atoms with Crippen molar-refractivity contribution in [3.63, 3.8) is 0 Å². The number of esters is 1. The maximum atomic E-state index is 13.7. The Labute approximate surface area is 186 Å². The summed E-state index contributed by atoms with van der Waals surface area (Å²) in [6, 6.07) is 16.2. The summed E-state index contributed by atoms with van der Waals surface area (Å²) < 4.78 is 5.19. The first kappa shape index (κ1) is 21.6. The average Bonchev–Trinajstić information content (AvgIpc) is 3.27. The Morgan fingerprint density at radius 2 is 1.77 bits per heavy atom. The van der Waals surface area contributed by atoms with Crippen LogP contribution in [0.2, 0.25) is 0 Å². The molecule has 2 aliphatic rings. The van der Waals surface area contributed by atoms with Gasteiger partial charge in [0, 0.05) is 6.04 Å². The molecule has 2 aliphatic heterocycles. The molecule has 2 aromatic rings. The van der Waals surface area contributed by atoms with Crippen molar-refractivity contribution in [2.24, 2.45) is 11.8 Å². The number of rotatable bonds is 6. The SMILES string of the molecule is COC(=O)[C@]1(CCSC)N[C@H](c2ccccc2C)[C@@H]2C(=O)N(c3ccccc3)C(=O)[C@H]21. The smallest absolute Gasteiger partial charge is 0.326 e. The summed E-state index contributed by atoms with van der Waals surface area (Å²) in [5.74, 6) is -1.99. The molecule has 2 aromatic carbocycles. The van der Waals surface area contributed by atoms with Gasteiger partial charge in [-0.1, -0.05) is 42.5 Å². The van der Waals surface area contributed by atoms with Gasteiger partial charge in [-0.3, -0.25) is 19.7 Å². The highest BCUT2D eigenvalue weighted by atomic mass is 32.2. The van der Waals surface area contributed by atoms with Crippen molar-refractivity contribution in [2.75, 3.05) is 24.0 Å². The largest absolute Gasteiger partial charge is 0.468 e. The molecule has 2 fully saturated rings. The number of benzene rings is 2. The third-order valence-corrected chi connectivity index (χ3v) is 7.05. The van der Waals surface area contributed by atoms with Crippen molar-refractivity contribution >= 4 is 35.2 Å². The van der Waals surface area contributed by atoms with E-state index in [2.05, 4.69) is 5.32 Å². The molecule has 2 amide bonds. The van der Waals surface area contributed by atoms with Gasteiger partial charge in [0.25, 0.3) is 0 Å². The molecule has 2 heterocycles. The van der Waals surface area contributed by atoms with Crippen molar-refractivity contribution in [2.45, 2.75) is 24.9 Å². The Hall–Kier alpha value is -2.64. The van der Waals surface area contributed by atoms with Crippen LogP contribution in [0.25, 0.3) is 0 Å². The van der Waals surface area contributed by atoms with E-state index in [0.29, 0.717) is 17.9 Å². The van der Waals surface area contributed by atoms with Crippen molar-refractivity contribution in [3.8, 4) is 0 Å². The van der Waals surface area contributed by atoms with Gasteiger partial charge in [0.05, 0.1) is 24.6 Å². The van der Waals surface area contributed by atoms with Crippen LogP contribution in [0, 0.1) is 18.8 Å². The van der Waals surface area contributed by atoms with E-state index in [-0.39, 0.29) is 11.8 Å². The molecule has 4 rings (SSSR count). The number of hydrogen-bond acceptors (Lipinski definition) is 6. The first-order valence-electron chi connectivity index (χ1n) is 10.3. The van der Waals surface area contributed by atoms with Gasteiger partial charge in [-0.05, 0) is 48.6 Å². The Kier molecular flexibility index (Phi) is 5.90. The lowest BCUT2D eigenvalue weighted by atomic mass is 9.77. The van der Waals surface area contributed by atoms with E-state index >= 15 is 0 Å². The molecule has 2 saturated heterocycles. The number of nitrogens with one attached hydrogen (secondary N) is 1. The van der Waals surface area contributed by atoms with E-state index in [1.807, 2.05) is 43.5 Å². The lowest BCUT2D eigenvalue weighted by Crippen LogP contribution is -2.56. The highest BCUT2D eigenvalue weighted by Gasteiger charge is 2.68. The second-order valence-electron chi connectivity index (χ2n) is 8.04. The van der Waals surface area contributed by atoms with Gasteiger partial charge in [-0.15, -0.1) is 0 Å². The molecule has 0 spiro atoms. The summed E-state index contributed by atoms with van der Waals surface area (Å²) in [7, 11) is 1.33. The van der Waals surface area contributed by atoms with Crippen molar-refractivity contribution < 1.29 is 19.1 Å². The molecule has 162 valence electrons. The molecular formula is C24H26N2O4S. The molecule has 1 N–H and O–H groups in total. The van der Waals surface area contributed by atoms with E-state index in [1.54, 1.807) is 36.0 Å². The summed E-state index contributed by atoms with van der Waals surface area (Å²) in [6.45, 7) is 1.97. The number of imide groups is 1. The van der Waals surface area contributed by atoms with Gasteiger partial charge in [0.1, 0.15) is 5.54 Å². The second kappa shape index (κ2) is 8.48. The van der Waals surface area contributed by atoms with Crippen LogP contribution in [-0.4, -0.2) is 42.4 Å². The van der Waals surface area contributed by atoms with Gasteiger partial charge in [-0.2, -0.15) is 11.8 Å². The van der Waals surface area contributed by atoms with Gasteiger partial charge in [0.15, 0.2) is 0 Å². The van der Waals surface area contributed by atoms with Crippen molar-refractivity contribution in [1.82, 2.24) is 5.32 Å².